The highest BCUT2D eigenvalue weighted by Gasteiger charge is 1.99. The summed E-state index contributed by atoms with van der Waals surface area (Å²) in [6, 6.07) is 9.13. The van der Waals surface area contributed by atoms with E-state index in [0.717, 1.165) is 22.9 Å². The van der Waals surface area contributed by atoms with Crippen molar-refractivity contribution in [2.24, 2.45) is 0 Å². The molecule has 4 heteroatoms. The van der Waals surface area contributed by atoms with Gasteiger partial charge in [-0.15, -0.1) is 0 Å². The summed E-state index contributed by atoms with van der Waals surface area (Å²) in [5.41, 5.74) is 2.52. The van der Waals surface area contributed by atoms with Gasteiger partial charge in [0.1, 0.15) is 12.0 Å². The van der Waals surface area contributed by atoms with Crippen molar-refractivity contribution >= 4 is 12.0 Å². The molecule has 0 aliphatic heterocycles. The van der Waals surface area contributed by atoms with Crippen molar-refractivity contribution in [3.05, 3.63) is 48.2 Å². The third kappa shape index (κ3) is 2.36. The number of benzene rings is 1. The second-order valence-corrected chi connectivity index (χ2v) is 3.18. The van der Waals surface area contributed by atoms with E-state index in [1.165, 1.54) is 12.3 Å². The van der Waals surface area contributed by atoms with Crippen LogP contribution in [0.3, 0.4) is 0 Å². The molecule has 0 saturated carbocycles. The number of hydrogen-bond acceptors (Lipinski definition) is 3. The normalized spacial score (nSPS) is 10.8. The highest BCUT2D eigenvalue weighted by Crippen LogP contribution is 2.17. The van der Waals surface area contributed by atoms with Crippen LogP contribution in [-0.2, 0) is 4.79 Å². The SMILES string of the molecule is O=C(O)C=Cc1ccc(-c2ccon2)cc1. The molecule has 1 aromatic heterocycles. The van der Waals surface area contributed by atoms with Gasteiger partial charge in [0.2, 0.25) is 0 Å². The molecule has 0 spiro atoms. The van der Waals surface area contributed by atoms with Gasteiger partial charge in [0.25, 0.3) is 0 Å². The van der Waals surface area contributed by atoms with E-state index in [1.807, 2.05) is 24.3 Å². The Morgan fingerprint density at radius 2 is 2.00 bits per heavy atom. The fraction of sp³-hybridized carbons (Fsp3) is 0. The summed E-state index contributed by atoms with van der Waals surface area (Å²) >= 11 is 0. The maximum atomic E-state index is 10.3. The summed E-state index contributed by atoms with van der Waals surface area (Å²) in [6.07, 6.45) is 4.15. The fourth-order valence-electron chi connectivity index (χ4n) is 1.29. The van der Waals surface area contributed by atoms with Gasteiger partial charge in [-0.1, -0.05) is 29.4 Å². The van der Waals surface area contributed by atoms with Crippen LogP contribution in [0.15, 0.2) is 47.2 Å². The van der Waals surface area contributed by atoms with Crippen LogP contribution < -0.4 is 0 Å². The molecular weight excluding hydrogens is 206 g/mol. The smallest absolute Gasteiger partial charge is 0.328 e. The van der Waals surface area contributed by atoms with E-state index in [9.17, 15) is 4.79 Å². The minimum atomic E-state index is -0.958. The Bertz CT molecular complexity index is 498. The topological polar surface area (TPSA) is 63.3 Å². The lowest BCUT2D eigenvalue weighted by Gasteiger charge is -1.96. The Balaban J connectivity index is 2.20. The maximum absolute atomic E-state index is 10.3. The first-order valence-corrected chi connectivity index (χ1v) is 4.67. The molecule has 0 atom stereocenters. The van der Waals surface area contributed by atoms with Crippen LogP contribution in [0, 0.1) is 0 Å². The zero-order valence-corrected chi connectivity index (χ0v) is 8.33. The summed E-state index contributed by atoms with van der Waals surface area (Å²) in [7, 11) is 0. The van der Waals surface area contributed by atoms with Crippen molar-refractivity contribution in [2.45, 2.75) is 0 Å². The van der Waals surface area contributed by atoms with Crippen LogP contribution in [-0.4, -0.2) is 16.2 Å². The summed E-state index contributed by atoms with van der Waals surface area (Å²) in [4.78, 5) is 10.3. The van der Waals surface area contributed by atoms with E-state index < -0.39 is 5.97 Å². The quantitative estimate of drug-likeness (QED) is 0.798. The molecule has 16 heavy (non-hydrogen) atoms. The van der Waals surface area contributed by atoms with Crippen molar-refractivity contribution in [3.8, 4) is 11.3 Å². The molecule has 0 aliphatic rings. The van der Waals surface area contributed by atoms with E-state index >= 15 is 0 Å². The van der Waals surface area contributed by atoms with Gasteiger partial charge in [-0.25, -0.2) is 4.79 Å². The molecule has 4 nitrogen and oxygen atoms in total. The molecule has 1 N–H and O–H groups in total. The van der Waals surface area contributed by atoms with Gasteiger partial charge in [0.05, 0.1) is 0 Å². The third-order valence-electron chi connectivity index (χ3n) is 2.06. The molecule has 1 aromatic carbocycles. The molecule has 2 rings (SSSR count). The Kier molecular flexibility index (Phi) is 2.82. The minimum Gasteiger partial charge on any atom is -0.478 e. The van der Waals surface area contributed by atoms with E-state index in [2.05, 4.69) is 5.16 Å². The van der Waals surface area contributed by atoms with Gasteiger partial charge in [-0.05, 0) is 11.6 Å². The second kappa shape index (κ2) is 4.44. The Morgan fingerprint density at radius 3 is 2.56 bits per heavy atom. The summed E-state index contributed by atoms with van der Waals surface area (Å²) in [6.45, 7) is 0. The zero-order chi connectivity index (χ0) is 11.4. The molecule has 0 amide bonds. The van der Waals surface area contributed by atoms with E-state index in [0.29, 0.717) is 0 Å². The number of carboxylic acid groups (broad SMARTS) is 1. The summed E-state index contributed by atoms with van der Waals surface area (Å²) in [5.74, 6) is -0.958. The summed E-state index contributed by atoms with van der Waals surface area (Å²) < 4.78 is 4.74. The molecular formula is C12H9NO3. The molecule has 0 saturated heterocycles. The van der Waals surface area contributed by atoms with Crippen LogP contribution >= 0.6 is 0 Å². The number of carboxylic acids is 1. The Morgan fingerprint density at radius 1 is 1.25 bits per heavy atom. The lowest BCUT2D eigenvalue weighted by Crippen LogP contribution is -1.85. The van der Waals surface area contributed by atoms with Crippen molar-refractivity contribution in [2.75, 3.05) is 0 Å². The minimum absolute atomic E-state index is 0.758. The molecule has 80 valence electrons. The largest absolute Gasteiger partial charge is 0.478 e. The van der Waals surface area contributed by atoms with E-state index in [4.69, 9.17) is 9.63 Å². The van der Waals surface area contributed by atoms with Crippen molar-refractivity contribution in [1.29, 1.82) is 0 Å². The Hall–Kier alpha value is -2.36. The van der Waals surface area contributed by atoms with E-state index in [-0.39, 0.29) is 0 Å². The van der Waals surface area contributed by atoms with E-state index in [1.54, 1.807) is 6.07 Å². The predicted octanol–water partition coefficient (Wildman–Crippen LogP) is 2.44. The molecule has 0 bridgehead atoms. The third-order valence-corrected chi connectivity index (χ3v) is 2.06. The molecule has 0 unspecified atom stereocenters. The number of carbonyl (C=O) groups is 1. The van der Waals surface area contributed by atoms with Gasteiger partial charge in [0, 0.05) is 17.7 Å². The van der Waals surface area contributed by atoms with Crippen molar-refractivity contribution < 1.29 is 14.4 Å². The number of nitrogens with zero attached hydrogens (tertiary/aromatic N) is 1. The number of aromatic nitrogens is 1. The van der Waals surface area contributed by atoms with Crippen LogP contribution in [0.5, 0.6) is 0 Å². The highest BCUT2D eigenvalue weighted by atomic mass is 16.5. The first-order chi connectivity index (χ1) is 7.75. The molecule has 0 fully saturated rings. The van der Waals surface area contributed by atoms with Gasteiger partial charge in [-0.3, -0.25) is 0 Å². The maximum Gasteiger partial charge on any atom is 0.328 e. The van der Waals surface area contributed by atoms with Crippen molar-refractivity contribution in [3.63, 3.8) is 0 Å². The number of hydrogen-bond donors (Lipinski definition) is 1. The molecule has 0 aliphatic carbocycles. The van der Waals surface area contributed by atoms with Gasteiger partial charge in [0.15, 0.2) is 0 Å². The van der Waals surface area contributed by atoms with Crippen LogP contribution in [0.2, 0.25) is 0 Å². The lowest BCUT2D eigenvalue weighted by atomic mass is 10.1. The highest BCUT2D eigenvalue weighted by molar-refractivity contribution is 5.85. The van der Waals surface area contributed by atoms with Gasteiger partial charge in [-0.2, -0.15) is 0 Å². The average Bonchev–Trinajstić information content (AvgIpc) is 2.80. The predicted molar refractivity (Wildman–Crippen MR) is 58.6 cm³/mol. The second-order valence-electron chi connectivity index (χ2n) is 3.18. The molecule has 2 aromatic rings. The van der Waals surface area contributed by atoms with Crippen LogP contribution in [0.1, 0.15) is 5.56 Å². The fourth-order valence-corrected chi connectivity index (χ4v) is 1.29. The number of aliphatic carboxylic acids is 1. The molecule has 0 radical (unpaired) electrons. The first-order valence-electron chi connectivity index (χ1n) is 4.67. The van der Waals surface area contributed by atoms with Crippen LogP contribution in [0.4, 0.5) is 0 Å². The average molecular weight is 215 g/mol. The Labute approximate surface area is 91.8 Å². The van der Waals surface area contributed by atoms with Crippen molar-refractivity contribution in [1.82, 2.24) is 5.16 Å². The standard InChI is InChI=1S/C12H9NO3/c14-12(15)6-3-9-1-4-10(5-2-9)11-7-8-16-13-11/h1-8H,(H,14,15). The van der Waals surface area contributed by atoms with Gasteiger partial charge < -0.3 is 9.63 Å². The zero-order valence-electron chi connectivity index (χ0n) is 8.33. The first kappa shape index (κ1) is 10.2. The molecule has 1 heterocycles. The monoisotopic (exact) mass is 215 g/mol. The lowest BCUT2D eigenvalue weighted by molar-refractivity contribution is -0.131. The van der Waals surface area contributed by atoms with Gasteiger partial charge >= 0.3 is 5.97 Å². The summed E-state index contributed by atoms with van der Waals surface area (Å²) in [5, 5.41) is 12.3. The number of rotatable bonds is 3. The van der Waals surface area contributed by atoms with Crippen LogP contribution in [0.25, 0.3) is 17.3 Å².